The molecule has 0 fully saturated rings. The van der Waals surface area contributed by atoms with E-state index in [1.165, 1.54) is 23.0 Å². The molecule has 2 N–H and O–H groups in total. The van der Waals surface area contributed by atoms with Crippen molar-refractivity contribution in [3.05, 3.63) is 40.1 Å². The summed E-state index contributed by atoms with van der Waals surface area (Å²) >= 11 is 11.8. The summed E-state index contributed by atoms with van der Waals surface area (Å²) in [7, 11) is -3.84. The molecule has 1 heterocycles. The second kappa shape index (κ2) is 6.71. The number of hydrogen-bond acceptors (Lipinski definition) is 5. The van der Waals surface area contributed by atoms with Crippen LogP contribution >= 0.6 is 23.2 Å². The number of nitrogens with zero attached hydrogens (tertiary/aromatic N) is 3. The van der Waals surface area contributed by atoms with Gasteiger partial charge in [-0.3, -0.25) is 4.68 Å². The Morgan fingerprint density at radius 1 is 1.33 bits per heavy atom. The number of sulfonamides is 1. The summed E-state index contributed by atoms with van der Waals surface area (Å²) in [6.45, 7) is 0.0358. The largest absolute Gasteiger partial charge is 0.392 e. The minimum absolute atomic E-state index is 0.0462. The maximum absolute atomic E-state index is 12.2. The molecule has 114 valence electrons. The normalized spacial score (nSPS) is 11.8. The molecule has 2 aromatic rings. The smallest absolute Gasteiger partial charge is 0.242 e. The van der Waals surface area contributed by atoms with Crippen LogP contribution < -0.4 is 4.72 Å². The van der Waals surface area contributed by atoms with E-state index in [0.29, 0.717) is 6.54 Å². The summed E-state index contributed by atoms with van der Waals surface area (Å²) in [5.41, 5.74) is 0.251. The number of rotatable bonds is 6. The monoisotopic (exact) mass is 350 g/mol. The average molecular weight is 351 g/mol. The lowest BCUT2D eigenvalue weighted by Crippen LogP contribution is -2.28. The van der Waals surface area contributed by atoms with E-state index in [-0.39, 0.29) is 27.0 Å². The van der Waals surface area contributed by atoms with E-state index in [9.17, 15) is 8.42 Å². The summed E-state index contributed by atoms with van der Waals surface area (Å²) in [5.74, 6) is 0. The van der Waals surface area contributed by atoms with E-state index in [1.807, 2.05) is 0 Å². The van der Waals surface area contributed by atoms with Crippen molar-refractivity contribution in [2.45, 2.75) is 18.0 Å². The van der Waals surface area contributed by atoms with Crippen LogP contribution in [-0.2, 0) is 23.2 Å². The van der Waals surface area contributed by atoms with Gasteiger partial charge >= 0.3 is 0 Å². The molecule has 0 radical (unpaired) electrons. The molecule has 1 aromatic heterocycles. The molecule has 0 unspecified atom stereocenters. The average Bonchev–Trinajstić information content (AvgIpc) is 2.93. The standard InChI is InChI=1S/C11H12Cl2N4O3S/c12-9-5-8(7-18)11(13)10(6-9)21(19,20)15-2-4-17-3-1-14-16-17/h1,3,5-6,15,18H,2,4,7H2. The molecule has 0 aliphatic heterocycles. The lowest BCUT2D eigenvalue weighted by Gasteiger charge is -2.11. The SMILES string of the molecule is O=S(=O)(NCCn1ccnn1)c1cc(Cl)cc(CO)c1Cl. The van der Waals surface area contributed by atoms with Crippen molar-refractivity contribution >= 4 is 33.2 Å². The van der Waals surface area contributed by atoms with Gasteiger partial charge in [0.25, 0.3) is 0 Å². The fourth-order valence-corrected chi connectivity index (χ4v) is 3.60. The Morgan fingerprint density at radius 3 is 2.71 bits per heavy atom. The third-order valence-corrected chi connectivity index (χ3v) is 4.91. The molecule has 0 spiro atoms. The van der Waals surface area contributed by atoms with Gasteiger partial charge in [0.2, 0.25) is 10.0 Å². The third-order valence-electron chi connectivity index (χ3n) is 2.64. The number of aliphatic hydroxyl groups is 1. The molecule has 2 rings (SSSR count). The zero-order valence-corrected chi connectivity index (χ0v) is 13.0. The fraction of sp³-hybridized carbons (Fsp3) is 0.273. The number of benzene rings is 1. The van der Waals surface area contributed by atoms with Crippen molar-refractivity contribution < 1.29 is 13.5 Å². The lowest BCUT2D eigenvalue weighted by molar-refractivity contribution is 0.281. The molecule has 0 saturated heterocycles. The number of hydrogen-bond donors (Lipinski definition) is 2. The minimum Gasteiger partial charge on any atom is -0.392 e. The molecular formula is C11H12Cl2N4O3S. The molecule has 0 bridgehead atoms. The number of nitrogens with one attached hydrogen (secondary N) is 1. The first-order valence-corrected chi connectivity index (χ1v) is 8.10. The number of aliphatic hydroxyl groups excluding tert-OH is 1. The van der Waals surface area contributed by atoms with Gasteiger partial charge in [-0.05, 0) is 17.7 Å². The van der Waals surface area contributed by atoms with Crippen LogP contribution in [0.15, 0.2) is 29.4 Å². The highest BCUT2D eigenvalue weighted by atomic mass is 35.5. The van der Waals surface area contributed by atoms with Gasteiger partial charge in [0.15, 0.2) is 0 Å². The van der Waals surface area contributed by atoms with Gasteiger partial charge in [0.1, 0.15) is 4.90 Å². The van der Waals surface area contributed by atoms with Crippen molar-refractivity contribution in [3.8, 4) is 0 Å². The van der Waals surface area contributed by atoms with Crippen LogP contribution in [0, 0.1) is 0 Å². The second-order valence-electron chi connectivity index (χ2n) is 4.10. The maximum Gasteiger partial charge on any atom is 0.242 e. The summed E-state index contributed by atoms with van der Waals surface area (Å²) in [4.78, 5) is -0.167. The van der Waals surface area contributed by atoms with Crippen LogP contribution in [0.3, 0.4) is 0 Å². The summed E-state index contributed by atoms with van der Waals surface area (Å²) in [6, 6.07) is 2.65. The quantitative estimate of drug-likeness (QED) is 0.811. The topological polar surface area (TPSA) is 97.1 Å². The van der Waals surface area contributed by atoms with E-state index in [4.69, 9.17) is 28.3 Å². The first-order chi connectivity index (χ1) is 9.94. The van der Waals surface area contributed by atoms with Crippen LogP contribution in [0.5, 0.6) is 0 Å². The van der Waals surface area contributed by atoms with Gasteiger partial charge in [-0.25, -0.2) is 13.1 Å². The second-order valence-corrected chi connectivity index (χ2v) is 6.65. The first kappa shape index (κ1) is 16.2. The van der Waals surface area contributed by atoms with Crippen LogP contribution in [-0.4, -0.2) is 35.1 Å². The summed E-state index contributed by atoms with van der Waals surface area (Å²) in [5, 5.41) is 16.6. The Kier molecular flexibility index (Phi) is 5.17. The Morgan fingerprint density at radius 2 is 2.10 bits per heavy atom. The van der Waals surface area contributed by atoms with Gasteiger partial charge in [-0.2, -0.15) is 0 Å². The highest BCUT2D eigenvalue weighted by molar-refractivity contribution is 7.89. The van der Waals surface area contributed by atoms with Gasteiger partial charge < -0.3 is 5.11 Å². The van der Waals surface area contributed by atoms with Gasteiger partial charge in [0.05, 0.1) is 24.4 Å². The van der Waals surface area contributed by atoms with Crippen LogP contribution in [0.2, 0.25) is 10.0 Å². The van der Waals surface area contributed by atoms with E-state index in [1.54, 1.807) is 6.20 Å². The van der Waals surface area contributed by atoms with Crippen molar-refractivity contribution in [2.24, 2.45) is 0 Å². The molecule has 0 saturated carbocycles. The minimum atomic E-state index is -3.84. The molecule has 7 nitrogen and oxygen atoms in total. The Labute approximate surface area is 131 Å². The summed E-state index contributed by atoms with van der Waals surface area (Å²) in [6.07, 6.45) is 3.11. The van der Waals surface area contributed by atoms with Gasteiger partial charge in [-0.1, -0.05) is 28.4 Å². The molecule has 21 heavy (non-hydrogen) atoms. The maximum atomic E-state index is 12.2. The molecule has 10 heteroatoms. The van der Waals surface area contributed by atoms with Crippen LogP contribution in [0.25, 0.3) is 0 Å². The van der Waals surface area contributed by atoms with Gasteiger partial charge in [-0.15, -0.1) is 5.10 Å². The van der Waals surface area contributed by atoms with E-state index in [0.717, 1.165) is 0 Å². The number of aromatic nitrogens is 3. The Balaban J connectivity index is 2.17. The van der Waals surface area contributed by atoms with Gasteiger partial charge in [0, 0.05) is 17.8 Å². The molecule has 0 aliphatic rings. The number of halogens is 2. The molecule has 0 amide bonds. The molecular weight excluding hydrogens is 339 g/mol. The molecule has 1 aromatic carbocycles. The highest BCUT2D eigenvalue weighted by Crippen LogP contribution is 2.29. The van der Waals surface area contributed by atoms with Crippen molar-refractivity contribution in [3.63, 3.8) is 0 Å². The third kappa shape index (κ3) is 3.92. The highest BCUT2D eigenvalue weighted by Gasteiger charge is 2.20. The molecule has 0 atom stereocenters. The van der Waals surface area contributed by atoms with Crippen molar-refractivity contribution in [1.82, 2.24) is 19.7 Å². The predicted molar refractivity (Wildman–Crippen MR) is 77.6 cm³/mol. The summed E-state index contributed by atoms with van der Waals surface area (Å²) < 4.78 is 28.3. The van der Waals surface area contributed by atoms with E-state index >= 15 is 0 Å². The van der Waals surface area contributed by atoms with Crippen LogP contribution in [0.1, 0.15) is 5.56 Å². The van der Waals surface area contributed by atoms with E-state index < -0.39 is 16.6 Å². The Bertz CT molecular complexity index is 719. The van der Waals surface area contributed by atoms with E-state index in [2.05, 4.69) is 15.0 Å². The zero-order chi connectivity index (χ0) is 15.5. The molecule has 0 aliphatic carbocycles. The van der Waals surface area contributed by atoms with Crippen LogP contribution in [0.4, 0.5) is 0 Å². The van der Waals surface area contributed by atoms with Crippen molar-refractivity contribution in [2.75, 3.05) is 6.54 Å². The Hall–Kier alpha value is -1.19. The predicted octanol–water partition coefficient (Wildman–Crippen LogP) is 1.06. The fourth-order valence-electron chi connectivity index (χ4n) is 1.65. The first-order valence-electron chi connectivity index (χ1n) is 5.86. The van der Waals surface area contributed by atoms with Crippen molar-refractivity contribution in [1.29, 1.82) is 0 Å². The lowest BCUT2D eigenvalue weighted by atomic mass is 10.2. The zero-order valence-electron chi connectivity index (χ0n) is 10.7.